The second-order valence-electron chi connectivity index (χ2n) is 4.17. The van der Waals surface area contributed by atoms with Crippen LogP contribution in [-0.4, -0.2) is 23.8 Å². The molecule has 0 bridgehead atoms. The van der Waals surface area contributed by atoms with Crippen LogP contribution in [0.3, 0.4) is 0 Å². The SMILES string of the molecule is CC1(C)CN=C(CSc2ccccc2)O1. The Bertz CT molecular complexity index is 359. The van der Waals surface area contributed by atoms with Gasteiger partial charge in [-0.05, 0) is 26.0 Å². The third kappa shape index (κ3) is 2.99. The van der Waals surface area contributed by atoms with Gasteiger partial charge >= 0.3 is 0 Å². The molecule has 3 heteroatoms. The Morgan fingerprint density at radius 2 is 2.07 bits per heavy atom. The Kier molecular flexibility index (Phi) is 3.00. The Morgan fingerprint density at radius 1 is 1.33 bits per heavy atom. The lowest BCUT2D eigenvalue weighted by molar-refractivity contribution is 0.130. The van der Waals surface area contributed by atoms with E-state index in [9.17, 15) is 0 Å². The van der Waals surface area contributed by atoms with Gasteiger partial charge in [-0.25, -0.2) is 0 Å². The van der Waals surface area contributed by atoms with E-state index in [2.05, 4.69) is 31.0 Å². The second kappa shape index (κ2) is 4.27. The second-order valence-corrected chi connectivity index (χ2v) is 5.22. The lowest BCUT2D eigenvalue weighted by atomic mass is 10.1. The standard InChI is InChI=1S/C12H15NOS/c1-12(2)9-13-11(14-12)8-15-10-6-4-3-5-7-10/h3-7H,8-9H2,1-2H3. The monoisotopic (exact) mass is 221 g/mol. The molecule has 1 aliphatic heterocycles. The first kappa shape index (κ1) is 10.6. The fourth-order valence-corrected chi connectivity index (χ4v) is 2.19. The first-order valence-electron chi connectivity index (χ1n) is 5.06. The van der Waals surface area contributed by atoms with Gasteiger partial charge in [0, 0.05) is 4.90 Å². The Morgan fingerprint density at radius 3 is 2.67 bits per heavy atom. The molecule has 0 fully saturated rings. The molecule has 0 unspecified atom stereocenters. The molecule has 0 spiro atoms. The minimum absolute atomic E-state index is 0.105. The number of ether oxygens (including phenoxy) is 1. The van der Waals surface area contributed by atoms with Crippen LogP contribution >= 0.6 is 11.8 Å². The average molecular weight is 221 g/mol. The third-order valence-electron chi connectivity index (χ3n) is 2.14. The summed E-state index contributed by atoms with van der Waals surface area (Å²) in [6.45, 7) is 4.91. The number of nitrogens with zero attached hydrogens (tertiary/aromatic N) is 1. The topological polar surface area (TPSA) is 21.6 Å². The van der Waals surface area contributed by atoms with Crippen LogP contribution in [0.1, 0.15) is 13.8 Å². The zero-order valence-electron chi connectivity index (χ0n) is 9.06. The summed E-state index contributed by atoms with van der Waals surface area (Å²) in [5, 5.41) is 0. The van der Waals surface area contributed by atoms with Crippen LogP contribution in [0, 0.1) is 0 Å². The van der Waals surface area contributed by atoms with Gasteiger partial charge < -0.3 is 4.74 Å². The molecular weight excluding hydrogens is 206 g/mol. The molecule has 0 N–H and O–H groups in total. The van der Waals surface area contributed by atoms with E-state index in [0.717, 1.165) is 18.2 Å². The molecule has 0 aliphatic carbocycles. The maximum atomic E-state index is 5.70. The van der Waals surface area contributed by atoms with Crippen molar-refractivity contribution in [3.63, 3.8) is 0 Å². The lowest BCUT2D eigenvalue weighted by Gasteiger charge is -2.16. The van der Waals surface area contributed by atoms with Crippen LogP contribution in [0.4, 0.5) is 0 Å². The molecule has 80 valence electrons. The van der Waals surface area contributed by atoms with Gasteiger partial charge in [-0.2, -0.15) is 0 Å². The Labute approximate surface area is 94.7 Å². The highest BCUT2D eigenvalue weighted by molar-refractivity contribution is 8.00. The zero-order valence-corrected chi connectivity index (χ0v) is 9.88. The van der Waals surface area contributed by atoms with E-state index < -0.39 is 0 Å². The van der Waals surface area contributed by atoms with E-state index >= 15 is 0 Å². The highest BCUT2D eigenvalue weighted by Gasteiger charge is 2.26. The molecule has 2 nitrogen and oxygen atoms in total. The number of hydrogen-bond donors (Lipinski definition) is 0. The van der Waals surface area contributed by atoms with Crippen LogP contribution in [-0.2, 0) is 4.74 Å². The lowest BCUT2D eigenvalue weighted by Crippen LogP contribution is -2.24. The van der Waals surface area contributed by atoms with Gasteiger partial charge in [-0.15, -0.1) is 11.8 Å². The van der Waals surface area contributed by atoms with Crippen molar-refractivity contribution in [2.75, 3.05) is 12.3 Å². The van der Waals surface area contributed by atoms with Crippen molar-refractivity contribution >= 4 is 17.7 Å². The van der Waals surface area contributed by atoms with Gasteiger partial charge in [0.25, 0.3) is 0 Å². The summed E-state index contributed by atoms with van der Waals surface area (Å²) in [5.41, 5.74) is -0.105. The molecule has 0 amide bonds. The summed E-state index contributed by atoms with van der Waals surface area (Å²) in [6.07, 6.45) is 0. The van der Waals surface area contributed by atoms with Gasteiger partial charge in [0.2, 0.25) is 0 Å². The van der Waals surface area contributed by atoms with Crippen molar-refractivity contribution in [1.82, 2.24) is 0 Å². The van der Waals surface area contributed by atoms with Crippen LogP contribution in [0.15, 0.2) is 40.2 Å². The fourth-order valence-electron chi connectivity index (χ4n) is 1.40. The van der Waals surface area contributed by atoms with Crippen LogP contribution in [0.5, 0.6) is 0 Å². The maximum absolute atomic E-state index is 5.70. The van der Waals surface area contributed by atoms with E-state index in [1.165, 1.54) is 4.90 Å². The van der Waals surface area contributed by atoms with E-state index in [-0.39, 0.29) is 5.60 Å². The zero-order chi connectivity index (χ0) is 10.7. The predicted octanol–water partition coefficient (Wildman–Crippen LogP) is 2.99. The number of aliphatic imine (C=N–C) groups is 1. The summed E-state index contributed by atoms with van der Waals surface area (Å²) >= 11 is 1.76. The molecular formula is C12H15NOS. The van der Waals surface area contributed by atoms with Crippen molar-refractivity contribution < 1.29 is 4.74 Å². The first-order chi connectivity index (χ1) is 7.16. The quantitative estimate of drug-likeness (QED) is 0.732. The van der Waals surface area contributed by atoms with Crippen LogP contribution in [0.2, 0.25) is 0 Å². The summed E-state index contributed by atoms with van der Waals surface area (Å²) in [4.78, 5) is 5.64. The van der Waals surface area contributed by atoms with Crippen molar-refractivity contribution in [2.45, 2.75) is 24.3 Å². The van der Waals surface area contributed by atoms with Gasteiger partial charge in [0.15, 0.2) is 5.90 Å². The third-order valence-corrected chi connectivity index (χ3v) is 3.13. The van der Waals surface area contributed by atoms with E-state index in [4.69, 9.17) is 4.74 Å². The fraction of sp³-hybridized carbons (Fsp3) is 0.417. The first-order valence-corrected chi connectivity index (χ1v) is 6.04. The van der Waals surface area contributed by atoms with Crippen LogP contribution in [0.25, 0.3) is 0 Å². The normalized spacial score (nSPS) is 18.4. The molecule has 2 rings (SSSR count). The Hall–Kier alpha value is -0.960. The molecule has 1 aromatic carbocycles. The molecule has 15 heavy (non-hydrogen) atoms. The average Bonchev–Trinajstić information content (AvgIpc) is 2.57. The molecule has 1 heterocycles. The van der Waals surface area contributed by atoms with Gasteiger partial charge in [0.05, 0.1) is 12.3 Å². The minimum Gasteiger partial charge on any atom is -0.472 e. The highest BCUT2D eigenvalue weighted by Crippen LogP contribution is 2.22. The smallest absolute Gasteiger partial charge is 0.194 e. The van der Waals surface area contributed by atoms with Crippen molar-refractivity contribution in [2.24, 2.45) is 4.99 Å². The molecule has 0 saturated heterocycles. The summed E-state index contributed by atoms with van der Waals surface area (Å²) < 4.78 is 5.70. The predicted molar refractivity (Wildman–Crippen MR) is 64.6 cm³/mol. The van der Waals surface area contributed by atoms with E-state index in [1.54, 1.807) is 11.8 Å². The summed E-state index contributed by atoms with van der Waals surface area (Å²) in [7, 11) is 0. The molecule has 0 saturated carbocycles. The van der Waals surface area contributed by atoms with Gasteiger partial charge in [0.1, 0.15) is 5.60 Å². The molecule has 0 aromatic heterocycles. The highest BCUT2D eigenvalue weighted by atomic mass is 32.2. The summed E-state index contributed by atoms with van der Waals surface area (Å²) in [5.74, 6) is 1.70. The van der Waals surface area contributed by atoms with Gasteiger partial charge in [-0.1, -0.05) is 18.2 Å². The largest absolute Gasteiger partial charge is 0.472 e. The molecule has 1 aromatic rings. The summed E-state index contributed by atoms with van der Waals surface area (Å²) in [6, 6.07) is 10.3. The number of benzene rings is 1. The van der Waals surface area contributed by atoms with Gasteiger partial charge in [-0.3, -0.25) is 4.99 Å². The molecule has 1 aliphatic rings. The van der Waals surface area contributed by atoms with Crippen molar-refractivity contribution in [1.29, 1.82) is 0 Å². The van der Waals surface area contributed by atoms with Crippen LogP contribution < -0.4 is 0 Å². The Balaban J connectivity index is 1.85. The number of hydrogen-bond acceptors (Lipinski definition) is 3. The van der Waals surface area contributed by atoms with Crippen molar-refractivity contribution in [3.05, 3.63) is 30.3 Å². The maximum Gasteiger partial charge on any atom is 0.194 e. The van der Waals surface area contributed by atoms with E-state index in [1.807, 2.05) is 18.2 Å². The number of thioether (sulfide) groups is 1. The molecule has 0 radical (unpaired) electrons. The van der Waals surface area contributed by atoms with Crippen molar-refractivity contribution in [3.8, 4) is 0 Å². The number of rotatable bonds is 3. The molecule has 0 atom stereocenters. The minimum atomic E-state index is -0.105. The van der Waals surface area contributed by atoms with E-state index in [0.29, 0.717) is 0 Å².